The largest absolute Gasteiger partial charge is 0.466 e. The molecular weight excluding hydrogens is 474 g/mol. The van der Waals surface area contributed by atoms with Crippen molar-refractivity contribution >= 4 is 45.9 Å². The van der Waals surface area contributed by atoms with Crippen LogP contribution in [0.25, 0.3) is 10.4 Å². The SMILES string of the molecule is CCOC(=O)CC(CNC(=O)c1cccc(-c2sc(NC(=N)N)nc2C)c1)c1ccc(Cl)cc1. The molecule has 0 radical (unpaired) electrons. The van der Waals surface area contributed by atoms with Crippen LogP contribution < -0.4 is 16.4 Å². The molecule has 1 unspecified atom stereocenters. The van der Waals surface area contributed by atoms with Crippen molar-refractivity contribution in [1.82, 2.24) is 10.3 Å². The second kappa shape index (κ2) is 11.6. The Bertz CT molecular complexity index is 1180. The van der Waals surface area contributed by atoms with Gasteiger partial charge in [0.2, 0.25) is 0 Å². The summed E-state index contributed by atoms with van der Waals surface area (Å²) in [7, 11) is 0. The molecule has 3 aromatic rings. The highest BCUT2D eigenvalue weighted by atomic mass is 35.5. The fourth-order valence-electron chi connectivity index (χ4n) is 3.42. The molecule has 8 nitrogen and oxygen atoms in total. The lowest BCUT2D eigenvalue weighted by atomic mass is 9.95. The molecule has 1 aromatic heterocycles. The number of aromatic nitrogens is 1. The highest BCUT2D eigenvalue weighted by molar-refractivity contribution is 7.19. The molecule has 1 heterocycles. The smallest absolute Gasteiger partial charge is 0.306 e. The van der Waals surface area contributed by atoms with Gasteiger partial charge in [0.1, 0.15) is 0 Å². The van der Waals surface area contributed by atoms with E-state index in [-0.39, 0.29) is 36.7 Å². The first kappa shape index (κ1) is 25.2. The Morgan fingerprint density at radius 1 is 1.24 bits per heavy atom. The predicted octanol–water partition coefficient (Wildman–Crippen LogP) is 4.54. The molecule has 0 saturated carbocycles. The van der Waals surface area contributed by atoms with Crippen LogP contribution in [0.5, 0.6) is 0 Å². The minimum absolute atomic E-state index is 0.141. The second-order valence-corrected chi connectivity index (χ2v) is 8.96. The number of carbonyl (C=O) groups excluding carboxylic acids is 2. The Hall–Kier alpha value is -3.43. The normalized spacial score (nSPS) is 11.5. The number of thiazole rings is 1. The van der Waals surface area contributed by atoms with Crippen LogP contribution in [0.3, 0.4) is 0 Å². The number of nitrogens with one attached hydrogen (secondary N) is 3. The summed E-state index contributed by atoms with van der Waals surface area (Å²) < 4.78 is 5.10. The van der Waals surface area contributed by atoms with E-state index in [1.807, 2.05) is 25.1 Å². The fourth-order valence-corrected chi connectivity index (χ4v) is 4.52. The summed E-state index contributed by atoms with van der Waals surface area (Å²) in [5.41, 5.74) is 8.36. The van der Waals surface area contributed by atoms with E-state index in [0.717, 1.165) is 21.7 Å². The molecule has 5 N–H and O–H groups in total. The Labute approximate surface area is 207 Å². The van der Waals surface area contributed by atoms with Crippen LogP contribution in [-0.2, 0) is 9.53 Å². The van der Waals surface area contributed by atoms with Gasteiger partial charge in [-0.15, -0.1) is 0 Å². The van der Waals surface area contributed by atoms with Crippen molar-refractivity contribution in [1.29, 1.82) is 5.41 Å². The van der Waals surface area contributed by atoms with Crippen molar-refractivity contribution in [3.63, 3.8) is 0 Å². The zero-order valence-corrected chi connectivity index (χ0v) is 20.4. The minimum atomic E-state index is -0.325. The number of ether oxygens (including phenoxy) is 1. The van der Waals surface area contributed by atoms with Crippen molar-refractivity contribution in [3.05, 3.63) is 70.4 Å². The van der Waals surface area contributed by atoms with Crippen LogP contribution in [0, 0.1) is 12.3 Å². The van der Waals surface area contributed by atoms with Gasteiger partial charge in [-0.05, 0) is 49.2 Å². The van der Waals surface area contributed by atoms with Gasteiger partial charge >= 0.3 is 5.97 Å². The van der Waals surface area contributed by atoms with E-state index in [2.05, 4.69) is 15.6 Å². The Kier molecular flexibility index (Phi) is 8.61. The molecule has 178 valence electrons. The summed E-state index contributed by atoms with van der Waals surface area (Å²) in [6, 6.07) is 14.4. The number of anilines is 1. The van der Waals surface area contributed by atoms with Crippen molar-refractivity contribution in [2.24, 2.45) is 5.73 Å². The lowest BCUT2D eigenvalue weighted by Crippen LogP contribution is -2.29. The third kappa shape index (κ3) is 6.79. The highest BCUT2D eigenvalue weighted by Gasteiger charge is 2.19. The molecule has 0 aliphatic rings. The minimum Gasteiger partial charge on any atom is -0.466 e. The Balaban J connectivity index is 1.75. The maximum atomic E-state index is 12.9. The molecule has 0 aliphatic heterocycles. The van der Waals surface area contributed by atoms with Crippen molar-refractivity contribution in [2.45, 2.75) is 26.2 Å². The number of hydrogen-bond acceptors (Lipinski definition) is 6. The van der Waals surface area contributed by atoms with Crippen molar-refractivity contribution in [2.75, 3.05) is 18.5 Å². The van der Waals surface area contributed by atoms with E-state index in [9.17, 15) is 9.59 Å². The summed E-state index contributed by atoms with van der Waals surface area (Å²) in [6.07, 6.45) is 0.141. The van der Waals surface area contributed by atoms with Gasteiger partial charge in [0, 0.05) is 23.0 Å². The number of carbonyl (C=O) groups is 2. The molecule has 0 bridgehead atoms. The summed E-state index contributed by atoms with van der Waals surface area (Å²) >= 11 is 7.35. The third-order valence-electron chi connectivity index (χ3n) is 4.99. The first-order chi connectivity index (χ1) is 16.3. The van der Waals surface area contributed by atoms with E-state index in [1.165, 1.54) is 11.3 Å². The van der Waals surface area contributed by atoms with Crippen LogP contribution in [0.2, 0.25) is 5.02 Å². The van der Waals surface area contributed by atoms with Crippen LogP contribution in [0.15, 0.2) is 48.5 Å². The monoisotopic (exact) mass is 499 g/mol. The zero-order valence-electron chi connectivity index (χ0n) is 18.9. The lowest BCUT2D eigenvalue weighted by molar-refractivity contribution is -0.143. The first-order valence-electron chi connectivity index (χ1n) is 10.6. The second-order valence-electron chi connectivity index (χ2n) is 7.52. The van der Waals surface area contributed by atoms with Crippen molar-refractivity contribution in [3.8, 4) is 10.4 Å². The highest BCUT2D eigenvalue weighted by Crippen LogP contribution is 2.33. The molecular formula is C24H26ClN5O3S. The summed E-state index contributed by atoms with van der Waals surface area (Å²) in [5.74, 6) is -1.03. The number of nitrogens with two attached hydrogens (primary N) is 1. The van der Waals surface area contributed by atoms with E-state index < -0.39 is 0 Å². The van der Waals surface area contributed by atoms with Gasteiger partial charge in [-0.2, -0.15) is 0 Å². The van der Waals surface area contributed by atoms with Crippen LogP contribution in [-0.4, -0.2) is 36.0 Å². The van der Waals surface area contributed by atoms with Gasteiger partial charge < -0.3 is 21.1 Å². The third-order valence-corrected chi connectivity index (χ3v) is 6.37. The topological polar surface area (TPSA) is 130 Å². The lowest BCUT2D eigenvalue weighted by Gasteiger charge is -2.18. The number of amides is 1. The summed E-state index contributed by atoms with van der Waals surface area (Å²) in [4.78, 5) is 30.3. The zero-order chi connectivity index (χ0) is 24.7. The van der Waals surface area contributed by atoms with E-state index in [4.69, 9.17) is 27.5 Å². The molecule has 2 aromatic carbocycles. The molecule has 10 heteroatoms. The number of rotatable bonds is 9. The van der Waals surface area contributed by atoms with Crippen LogP contribution >= 0.6 is 22.9 Å². The Morgan fingerprint density at radius 2 is 1.97 bits per heavy atom. The van der Waals surface area contributed by atoms with Gasteiger partial charge in [0.25, 0.3) is 5.91 Å². The molecule has 0 saturated heterocycles. The number of esters is 1. The molecule has 0 fully saturated rings. The van der Waals surface area contributed by atoms with Crippen LogP contribution in [0.4, 0.5) is 5.13 Å². The maximum Gasteiger partial charge on any atom is 0.306 e. The fraction of sp³-hybridized carbons (Fsp3) is 0.250. The average molecular weight is 500 g/mol. The van der Waals surface area contributed by atoms with E-state index >= 15 is 0 Å². The summed E-state index contributed by atoms with van der Waals surface area (Å²) in [5, 5.41) is 14.1. The van der Waals surface area contributed by atoms with E-state index in [1.54, 1.807) is 37.3 Å². The van der Waals surface area contributed by atoms with Gasteiger partial charge in [0.05, 0.1) is 23.6 Å². The standard InChI is InChI=1S/C24H26ClN5O3S/c1-3-33-20(31)12-18(15-7-9-19(25)10-8-15)13-28-22(32)17-6-4-5-16(11-17)21-14(2)29-24(34-21)30-23(26)27/h4-11,18H,3,12-13H2,1-2H3,(H,28,32)(H4,26,27,29,30). The number of halogens is 1. The average Bonchev–Trinajstić information content (AvgIpc) is 3.16. The van der Waals surface area contributed by atoms with Crippen LogP contribution in [0.1, 0.15) is 40.9 Å². The maximum absolute atomic E-state index is 12.9. The molecule has 1 atom stereocenters. The van der Waals surface area contributed by atoms with Gasteiger partial charge in [-0.3, -0.25) is 15.0 Å². The molecule has 3 rings (SSSR count). The number of hydrogen-bond donors (Lipinski definition) is 4. The first-order valence-corrected chi connectivity index (χ1v) is 11.8. The van der Waals surface area contributed by atoms with E-state index in [0.29, 0.717) is 22.3 Å². The number of nitrogens with zero attached hydrogens (tertiary/aromatic N) is 1. The molecule has 1 amide bonds. The summed E-state index contributed by atoms with van der Waals surface area (Å²) in [6.45, 7) is 4.17. The predicted molar refractivity (Wildman–Crippen MR) is 136 cm³/mol. The van der Waals surface area contributed by atoms with Gasteiger partial charge in [-0.25, -0.2) is 4.98 Å². The Morgan fingerprint density at radius 3 is 2.65 bits per heavy atom. The number of guanidine groups is 1. The quantitative estimate of drug-likeness (QED) is 0.194. The van der Waals surface area contributed by atoms with Crippen molar-refractivity contribution < 1.29 is 14.3 Å². The van der Waals surface area contributed by atoms with Gasteiger partial charge in [0.15, 0.2) is 11.1 Å². The number of aryl methyl sites for hydroxylation is 1. The molecule has 34 heavy (non-hydrogen) atoms. The van der Waals surface area contributed by atoms with Gasteiger partial charge in [-0.1, -0.05) is 47.2 Å². The molecule has 0 spiro atoms. The molecule has 0 aliphatic carbocycles. The number of benzene rings is 2.